The van der Waals surface area contributed by atoms with Crippen LogP contribution in [0.5, 0.6) is 11.5 Å². The van der Waals surface area contributed by atoms with Gasteiger partial charge in [-0.15, -0.1) is 0 Å². The first-order valence-electron chi connectivity index (χ1n) is 5.51. The van der Waals surface area contributed by atoms with Crippen LogP contribution < -0.4 is 10.5 Å². The molecule has 0 aromatic heterocycles. The minimum Gasteiger partial charge on any atom is -0.457 e. The molecule has 0 heterocycles. The Balaban J connectivity index is 2.26. The Bertz CT molecular complexity index is 643. The fourth-order valence-corrected chi connectivity index (χ4v) is 2.01. The molecule has 19 heavy (non-hydrogen) atoms. The Morgan fingerprint density at radius 2 is 1.84 bits per heavy atom. The number of carbonyl (C=O) groups excluding carboxylic acids is 1. The molecule has 5 heteroatoms. The monoisotopic (exact) mass is 323 g/mol. The van der Waals surface area contributed by atoms with Gasteiger partial charge in [0.1, 0.15) is 17.3 Å². The standard InChI is InChI=1S/C14H11BrFNO2/c1-8-6-9(2-4-11(8)14(17)18)19-10-3-5-13(16)12(15)7-10/h2-7H,1H3,(H2,17,18). The van der Waals surface area contributed by atoms with E-state index in [4.69, 9.17) is 10.5 Å². The Morgan fingerprint density at radius 3 is 2.42 bits per heavy atom. The van der Waals surface area contributed by atoms with E-state index in [2.05, 4.69) is 15.9 Å². The first-order valence-corrected chi connectivity index (χ1v) is 6.30. The summed E-state index contributed by atoms with van der Waals surface area (Å²) in [5.74, 6) is 0.224. The quantitative estimate of drug-likeness (QED) is 0.934. The van der Waals surface area contributed by atoms with Gasteiger partial charge in [-0.1, -0.05) is 0 Å². The van der Waals surface area contributed by atoms with Crippen LogP contribution in [0.15, 0.2) is 40.9 Å². The Labute approximate surface area is 118 Å². The number of hydrogen-bond acceptors (Lipinski definition) is 2. The van der Waals surface area contributed by atoms with Crippen molar-refractivity contribution in [3.8, 4) is 11.5 Å². The summed E-state index contributed by atoms with van der Waals surface area (Å²) < 4.78 is 19.0. The molecule has 1 amide bonds. The summed E-state index contributed by atoms with van der Waals surface area (Å²) in [6.45, 7) is 1.77. The van der Waals surface area contributed by atoms with E-state index in [1.807, 2.05) is 0 Å². The minimum atomic E-state index is -0.478. The average Bonchev–Trinajstić information content (AvgIpc) is 2.33. The van der Waals surface area contributed by atoms with Crippen LogP contribution >= 0.6 is 15.9 Å². The van der Waals surface area contributed by atoms with Gasteiger partial charge in [0.05, 0.1) is 4.47 Å². The zero-order valence-corrected chi connectivity index (χ0v) is 11.7. The number of primary amides is 1. The first kappa shape index (κ1) is 13.5. The molecule has 0 atom stereocenters. The van der Waals surface area contributed by atoms with Crippen LogP contribution in [0, 0.1) is 12.7 Å². The third kappa shape index (κ3) is 3.12. The van der Waals surface area contributed by atoms with Crippen LogP contribution in [0.25, 0.3) is 0 Å². The molecule has 0 saturated heterocycles. The summed E-state index contributed by atoms with van der Waals surface area (Å²) in [5.41, 5.74) is 6.41. The van der Waals surface area contributed by atoms with E-state index in [0.717, 1.165) is 5.56 Å². The van der Waals surface area contributed by atoms with Crippen LogP contribution in [0.3, 0.4) is 0 Å². The van der Waals surface area contributed by atoms with Crippen molar-refractivity contribution in [2.24, 2.45) is 5.73 Å². The largest absolute Gasteiger partial charge is 0.457 e. The normalized spacial score (nSPS) is 10.3. The zero-order chi connectivity index (χ0) is 14.0. The van der Waals surface area contributed by atoms with Crippen LogP contribution in [-0.2, 0) is 0 Å². The van der Waals surface area contributed by atoms with Crippen molar-refractivity contribution in [3.05, 3.63) is 57.8 Å². The summed E-state index contributed by atoms with van der Waals surface area (Å²) in [6, 6.07) is 9.32. The number of carbonyl (C=O) groups is 1. The van der Waals surface area contributed by atoms with E-state index in [-0.39, 0.29) is 5.82 Å². The lowest BCUT2D eigenvalue weighted by Gasteiger charge is -2.08. The van der Waals surface area contributed by atoms with Gasteiger partial charge in [-0.2, -0.15) is 0 Å². The second kappa shape index (κ2) is 5.40. The van der Waals surface area contributed by atoms with Crippen molar-refractivity contribution in [1.82, 2.24) is 0 Å². The highest BCUT2D eigenvalue weighted by atomic mass is 79.9. The van der Waals surface area contributed by atoms with E-state index >= 15 is 0 Å². The van der Waals surface area contributed by atoms with Crippen LogP contribution in [-0.4, -0.2) is 5.91 Å². The average molecular weight is 324 g/mol. The van der Waals surface area contributed by atoms with Gasteiger partial charge in [-0.3, -0.25) is 4.79 Å². The van der Waals surface area contributed by atoms with Crippen molar-refractivity contribution in [1.29, 1.82) is 0 Å². The van der Waals surface area contributed by atoms with Gasteiger partial charge >= 0.3 is 0 Å². The fourth-order valence-electron chi connectivity index (χ4n) is 1.65. The maximum Gasteiger partial charge on any atom is 0.248 e. The lowest BCUT2D eigenvalue weighted by molar-refractivity contribution is 0.0999. The van der Waals surface area contributed by atoms with Gasteiger partial charge < -0.3 is 10.5 Å². The van der Waals surface area contributed by atoms with E-state index in [0.29, 0.717) is 21.5 Å². The molecule has 0 unspecified atom stereocenters. The molecule has 2 aromatic carbocycles. The van der Waals surface area contributed by atoms with Crippen molar-refractivity contribution in [2.75, 3.05) is 0 Å². The Hall–Kier alpha value is -1.88. The molecule has 0 aliphatic heterocycles. The minimum absolute atomic E-state index is 0.329. The van der Waals surface area contributed by atoms with E-state index in [9.17, 15) is 9.18 Å². The van der Waals surface area contributed by atoms with Gasteiger partial charge in [-0.25, -0.2) is 4.39 Å². The van der Waals surface area contributed by atoms with Crippen molar-refractivity contribution < 1.29 is 13.9 Å². The molecule has 98 valence electrons. The number of halogens is 2. The van der Waals surface area contributed by atoms with Crippen molar-refractivity contribution in [2.45, 2.75) is 6.92 Å². The Kier molecular flexibility index (Phi) is 3.85. The number of hydrogen-bond donors (Lipinski definition) is 1. The van der Waals surface area contributed by atoms with Gasteiger partial charge in [0, 0.05) is 5.56 Å². The number of benzene rings is 2. The van der Waals surface area contributed by atoms with Gasteiger partial charge in [0.25, 0.3) is 0 Å². The summed E-state index contributed by atoms with van der Waals surface area (Å²) >= 11 is 3.09. The molecule has 2 rings (SSSR count). The van der Waals surface area contributed by atoms with E-state index in [1.54, 1.807) is 25.1 Å². The molecule has 0 aliphatic rings. The molecule has 0 spiro atoms. The second-order valence-electron chi connectivity index (χ2n) is 4.02. The molecule has 0 saturated carbocycles. The predicted octanol–water partition coefficient (Wildman–Crippen LogP) is 3.79. The number of amides is 1. The smallest absolute Gasteiger partial charge is 0.248 e. The van der Waals surface area contributed by atoms with Crippen molar-refractivity contribution >= 4 is 21.8 Å². The third-order valence-corrected chi connectivity index (χ3v) is 3.20. The number of aryl methyl sites for hydroxylation is 1. The topological polar surface area (TPSA) is 52.3 Å². The van der Waals surface area contributed by atoms with E-state index in [1.165, 1.54) is 18.2 Å². The van der Waals surface area contributed by atoms with Crippen LogP contribution in [0.1, 0.15) is 15.9 Å². The highest BCUT2D eigenvalue weighted by molar-refractivity contribution is 9.10. The molecule has 0 bridgehead atoms. The zero-order valence-electron chi connectivity index (χ0n) is 10.1. The second-order valence-corrected chi connectivity index (χ2v) is 4.87. The highest BCUT2D eigenvalue weighted by Gasteiger charge is 2.07. The number of ether oxygens (including phenoxy) is 1. The summed E-state index contributed by atoms with van der Waals surface area (Å²) in [6.07, 6.45) is 0. The lowest BCUT2D eigenvalue weighted by atomic mass is 10.1. The molecular weight excluding hydrogens is 313 g/mol. The lowest BCUT2D eigenvalue weighted by Crippen LogP contribution is -2.12. The van der Waals surface area contributed by atoms with E-state index < -0.39 is 5.91 Å². The summed E-state index contributed by atoms with van der Waals surface area (Å²) in [5, 5.41) is 0. The van der Waals surface area contributed by atoms with Gasteiger partial charge in [0.2, 0.25) is 5.91 Å². The molecule has 0 radical (unpaired) electrons. The molecule has 0 fully saturated rings. The highest BCUT2D eigenvalue weighted by Crippen LogP contribution is 2.27. The SMILES string of the molecule is Cc1cc(Oc2ccc(F)c(Br)c2)ccc1C(N)=O. The third-order valence-electron chi connectivity index (χ3n) is 2.59. The molecule has 0 aliphatic carbocycles. The molecular formula is C14H11BrFNO2. The number of rotatable bonds is 3. The fraction of sp³-hybridized carbons (Fsp3) is 0.0714. The number of nitrogens with two attached hydrogens (primary N) is 1. The molecule has 3 nitrogen and oxygen atoms in total. The first-order chi connectivity index (χ1) is 8.97. The maximum absolute atomic E-state index is 13.1. The molecule has 2 aromatic rings. The molecule has 2 N–H and O–H groups in total. The predicted molar refractivity (Wildman–Crippen MR) is 73.9 cm³/mol. The van der Waals surface area contributed by atoms with Gasteiger partial charge in [0.15, 0.2) is 0 Å². The Morgan fingerprint density at radius 1 is 1.21 bits per heavy atom. The maximum atomic E-state index is 13.1. The van der Waals surface area contributed by atoms with Crippen LogP contribution in [0.2, 0.25) is 0 Å². The summed E-state index contributed by atoms with van der Waals surface area (Å²) in [7, 11) is 0. The van der Waals surface area contributed by atoms with Gasteiger partial charge in [-0.05, 0) is 64.8 Å². The summed E-state index contributed by atoms with van der Waals surface area (Å²) in [4.78, 5) is 11.1. The van der Waals surface area contributed by atoms with Crippen LogP contribution in [0.4, 0.5) is 4.39 Å². The van der Waals surface area contributed by atoms with Crippen molar-refractivity contribution in [3.63, 3.8) is 0 Å².